The van der Waals surface area contributed by atoms with Gasteiger partial charge in [0.15, 0.2) is 0 Å². The molecule has 1 amide bonds. The lowest BCUT2D eigenvalue weighted by Gasteiger charge is -1.96. The Morgan fingerprint density at radius 2 is 2.50 bits per heavy atom. The van der Waals surface area contributed by atoms with Gasteiger partial charge in [-0.2, -0.15) is 0 Å². The van der Waals surface area contributed by atoms with E-state index in [0.717, 1.165) is 12.2 Å². The highest BCUT2D eigenvalue weighted by Gasteiger charge is 2.20. The second-order valence-electron chi connectivity index (χ2n) is 1.60. The number of rotatable bonds is 1. The summed E-state index contributed by atoms with van der Waals surface area (Å²) in [6.45, 7) is 0. The van der Waals surface area contributed by atoms with Crippen molar-refractivity contribution in [1.82, 2.24) is 0 Å². The van der Waals surface area contributed by atoms with Crippen LogP contribution in [0.5, 0.6) is 0 Å². The third kappa shape index (κ3) is 1.32. The van der Waals surface area contributed by atoms with Gasteiger partial charge in [0.2, 0.25) is 5.91 Å². The Hall–Kier alpha value is 0.170. The van der Waals surface area contributed by atoms with Crippen LogP contribution in [0.4, 0.5) is 0 Å². The molecule has 0 unspecified atom stereocenters. The van der Waals surface area contributed by atoms with Crippen molar-refractivity contribution in [3.05, 3.63) is 0 Å². The molecule has 0 aromatic carbocycles. The quantitative estimate of drug-likeness (QED) is 0.556. The third-order valence-corrected chi connectivity index (χ3v) is 3.81. The first-order chi connectivity index (χ1) is 3.80. The fraction of sp³-hybridized carbons (Fsp3) is 0.750. The molecule has 46 valence electrons. The zero-order chi connectivity index (χ0) is 5.98. The maximum atomic E-state index is 10.4. The van der Waals surface area contributed by atoms with Crippen LogP contribution in [0.15, 0.2) is 0 Å². The maximum absolute atomic E-state index is 10.4. The molecular formula is C4H7NOS2. The fourth-order valence-electron chi connectivity index (χ4n) is 0.523. The van der Waals surface area contributed by atoms with Gasteiger partial charge in [-0.25, -0.2) is 0 Å². The van der Waals surface area contributed by atoms with E-state index >= 15 is 0 Å². The molecule has 1 aliphatic rings. The van der Waals surface area contributed by atoms with Crippen LogP contribution in [0, 0.1) is 0 Å². The Bertz CT molecular complexity index is 100. The van der Waals surface area contributed by atoms with Crippen LogP contribution in [0.3, 0.4) is 0 Å². The Kier molecular flexibility index (Phi) is 2.08. The van der Waals surface area contributed by atoms with Crippen molar-refractivity contribution in [3.63, 3.8) is 0 Å². The molecular weight excluding hydrogens is 142 g/mol. The van der Waals surface area contributed by atoms with E-state index in [1.807, 2.05) is 0 Å². The van der Waals surface area contributed by atoms with E-state index in [0.29, 0.717) is 0 Å². The summed E-state index contributed by atoms with van der Waals surface area (Å²) in [7, 11) is 3.32. The Labute approximate surface area is 56.0 Å². The van der Waals surface area contributed by atoms with Gasteiger partial charge < -0.3 is 5.73 Å². The zero-order valence-corrected chi connectivity index (χ0v) is 5.93. The Morgan fingerprint density at radius 1 is 1.75 bits per heavy atom. The number of primary amides is 1. The minimum Gasteiger partial charge on any atom is -0.369 e. The minimum absolute atomic E-state index is 0.0833. The number of nitrogens with two attached hydrogens (primary N) is 1. The lowest BCUT2D eigenvalue weighted by Crippen LogP contribution is -2.23. The Morgan fingerprint density at radius 3 is 2.75 bits per heavy atom. The van der Waals surface area contributed by atoms with Crippen molar-refractivity contribution in [2.75, 3.05) is 5.75 Å². The average molecular weight is 149 g/mol. The van der Waals surface area contributed by atoms with Gasteiger partial charge in [-0.05, 0) is 6.42 Å². The normalized spacial score (nSPS) is 28.2. The van der Waals surface area contributed by atoms with Gasteiger partial charge in [0.05, 0.1) is 5.25 Å². The first-order valence-corrected chi connectivity index (χ1v) is 4.76. The van der Waals surface area contributed by atoms with Crippen LogP contribution < -0.4 is 5.73 Å². The van der Waals surface area contributed by atoms with E-state index in [1.165, 1.54) is 0 Å². The van der Waals surface area contributed by atoms with E-state index in [9.17, 15) is 4.79 Å². The summed E-state index contributed by atoms with van der Waals surface area (Å²) in [5.41, 5.74) is 5.02. The second kappa shape index (κ2) is 2.64. The number of amides is 1. The summed E-state index contributed by atoms with van der Waals surface area (Å²) in [6, 6.07) is 0. The molecule has 1 rings (SSSR count). The van der Waals surface area contributed by atoms with Crippen LogP contribution in [0.25, 0.3) is 0 Å². The number of hydrogen-bond donors (Lipinski definition) is 1. The first kappa shape index (κ1) is 6.29. The molecule has 2 nitrogen and oxygen atoms in total. The van der Waals surface area contributed by atoms with E-state index in [1.54, 1.807) is 21.6 Å². The van der Waals surface area contributed by atoms with Crippen molar-refractivity contribution in [3.8, 4) is 0 Å². The fourth-order valence-corrected chi connectivity index (χ4v) is 3.22. The minimum atomic E-state index is -0.167. The highest BCUT2D eigenvalue weighted by Crippen LogP contribution is 2.36. The van der Waals surface area contributed by atoms with E-state index in [4.69, 9.17) is 5.73 Å². The summed E-state index contributed by atoms with van der Waals surface area (Å²) in [4.78, 5) is 10.4. The van der Waals surface area contributed by atoms with Crippen LogP contribution >= 0.6 is 21.6 Å². The molecule has 1 heterocycles. The molecule has 0 aromatic heterocycles. The summed E-state index contributed by atoms with van der Waals surface area (Å²) >= 11 is 0. The molecule has 0 saturated carbocycles. The van der Waals surface area contributed by atoms with Gasteiger partial charge in [0.25, 0.3) is 0 Å². The summed E-state index contributed by atoms with van der Waals surface area (Å²) in [6.07, 6.45) is 0.949. The van der Waals surface area contributed by atoms with Crippen LogP contribution in [-0.2, 0) is 4.79 Å². The second-order valence-corrected chi connectivity index (χ2v) is 4.29. The van der Waals surface area contributed by atoms with Crippen LogP contribution in [0.1, 0.15) is 6.42 Å². The van der Waals surface area contributed by atoms with Crippen LogP contribution in [0.2, 0.25) is 0 Å². The molecule has 1 aliphatic heterocycles. The molecule has 1 atom stereocenters. The largest absolute Gasteiger partial charge is 0.369 e. The summed E-state index contributed by atoms with van der Waals surface area (Å²) in [5.74, 6) is 0.901. The zero-order valence-electron chi connectivity index (χ0n) is 4.29. The molecule has 0 aromatic rings. The maximum Gasteiger partial charge on any atom is 0.231 e. The van der Waals surface area contributed by atoms with Gasteiger partial charge >= 0.3 is 0 Å². The van der Waals surface area contributed by atoms with Crippen molar-refractivity contribution in [2.45, 2.75) is 11.7 Å². The van der Waals surface area contributed by atoms with Crippen molar-refractivity contribution in [1.29, 1.82) is 0 Å². The summed E-state index contributed by atoms with van der Waals surface area (Å²) in [5, 5.41) is 0.0833. The molecule has 0 aliphatic carbocycles. The standard InChI is InChI=1S/C4H7NOS2/c5-4(6)3-1-2-7-8-3/h3H,1-2H2,(H2,5,6)/t3-/m0/s1. The molecule has 0 radical (unpaired) electrons. The topological polar surface area (TPSA) is 43.1 Å². The van der Waals surface area contributed by atoms with E-state index < -0.39 is 0 Å². The van der Waals surface area contributed by atoms with Gasteiger partial charge in [0, 0.05) is 5.75 Å². The monoisotopic (exact) mass is 149 g/mol. The van der Waals surface area contributed by atoms with E-state index in [-0.39, 0.29) is 11.2 Å². The highest BCUT2D eigenvalue weighted by molar-refractivity contribution is 8.77. The molecule has 1 saturated heterocycles. The predicted molar refractivity (Wildman–Crippen MR) is 37.6 cm³/mol. The Balaban J connectivity index is 2.35. The van der Waals surface area contributed by atoms with Crippen LogP contribution in [-0.4, -0.2) is 16.9 Å². The van der Waals surface area contributed by atoms with Gasteiger partial charge in [-0.1, -0.05) is 21.6 Å². The molecule has 2 N–H and O–H groups in total. The molecule has 0 spiro atoms. The lowest BCUT2D eigenvalue weighted by molar-refractivity contribution is -0.117. The molecule has 1 fully saturated rings. The molecule has 0 bridgehead atoms. The number of carbonyl (C=O) groups is 1. The van der Waals surface area contributed by atoms with Gasteiger partial charge in [-0.15, -0.1) is 0 Å². The molecule has 4 heteroatoms. The van der Waals surface area contributed by atoms with E-state index in [2.05, 4.69) is 0 Å². The van der Waals surface area contributed by atoms with Gasteiger partial charge in [0.1, 0.15) is 0 Å². The lowest BCUT2D eigenvalue weighted by atomic mass is 10.3. The predicted octanol–water partition coefficient (Wildman–Crippen LogP) is 0.625. The highest BCUT2D eigenvalue weighted by atomic mass is 33.1. The number of hydrogen-bond acceptors (Lipinski definition) is 3. The molecule has 8 heavy (non-hydrogen) atoms. The SMILES string of the molecule is NC(=O)[C@@H]1CCSS1. The average Bonchev–Trinajstić information content (AvgIpc) is 2.12. The summed E-state index contributed by atoms with van der Waals surface area (Å²) < 4.78 is 0. The van der Waals surface area contributed by atoms with Gasteiger partial charge in [-0.3, -0.25) is 4.79 Å². The van der Waals surface area contributed by atoms with Crippen molar-refractivity contribution >= 4 is 27.5 Å². The third-order valence-electron chi connectivity index (χ3n) is 0.965. The first-order valence-electron chi connectivity index (χ1n) is 2.38. The smallest absolute Gasteiger partial charge is 0.231 e. The number of carbonyl (C=O) groups excluding carboxylic acids is 1. The van der Waals surface area contributed by atoms with Crippen molar-refractivity contribution < 1.29 is 4.79 Å². The van der Waals surface area contributed by atoms with Crippen molar-refractivity contribution in [2.24, 2.45) is 5.73 Å².